The molecule has 0 aliphatic carbocycles. The second-order valence-corrected chi connectivity index (χ2v) is 5.32. The van der Waals surface area contributed by atoms with Gasteiger partial charge in [-0.25, -0.2) is 9.37 Å². The predicted octanol–water partition coefficient (Wildman–Crippen LogP) is 3.87. The highest BCUT2D eigenvalue weighted by atomic mass is 35.5. The number of rotatable bonds is 4. The van der Waals surface area contributed by atoms with Gasteiger partial charge in [-0.15, -0.1) is 0 Å². The number of hydrogen-bond acceptors (Lipinski definition) is 3. The van der Waals surface area contributed by atoms with Crippen molar-refractivity contribution in [3.05, 3.63) is 52.9 Å². The summed E-state index contributed by atoms with van der Waals surface area (Å²) in [4.78, 5) is 5.96. The smallest absolute Gasteiger partial charge is 0.167 e. The number of benzene rings is 1. The zero-order valence-corrected chi connectivity index (χ0v) is 12.2. The molecule has 0 saturated carbocycles. The molecule has 3 nitrogen and oxygen atoms in total. The monoisotopic (exact) mass is 293 g/mol. The largest absolute Gasteiger partial charge is 0.398 e. The number of nitrogen functional groups attached to an aromatic ring is 1. The molecule has 5 heteroatoms. The molecule has 2 aromatic rings. The lowest BCUT2D eigenvalue weighted by molar-refractivity contribution is 0.588. The molecule has 0 spiro atoms. The Hall–Kier alpha value is -1.81. The summed E-state index contributed by atoms with van der Waals surface area (Å²) >= 11 is 5.75. The van der Waals surface area contributed by atoms with E-state index < -0.39 is 5.82 Å². The fourth-order valence-electron chi connectivity index (χ4n) is 1.98. The molecule has 0 bridgehead atoms. The minimum atomic E-state index is -0.430. The first kappa shape index (κ1) is 14.6. The van der Waals surface area contributed by atoms with Gasteiger partial charge in [0, 0.05) is 24.5 Å². The first-order chi connectivity index (χ1) is 9.49. The Morgan fingerprint density at radius 3 is 2.65 bits per heavy atom. The Morgan fingerprint density at radius 1 is 1.35 bits per heavy atom. The maximum Gasteiger partial charge on any atom is 0.167 e. The topological polar surface area (TPSA) is 42.1 Å². The number of halogens is 2. The van der Waals surface area contributed by atoms with Crippen molar-refractivity contribution in [1.82, 2.24) is 4.98 Å². The van der Waals surface area contributed by atoms with Crippen LogP contribution >= 0.6 is 11.6 Å². The lowest BCUT2D eigenvalue weighted by Crippen LogP contribution is -2.32. The molecule has 20 heavy (non-hydrogen) atoms. The summed E-state index contributed by atoms with van der Waals surface area (Å²) in [6.07, 6.45) is 1.45. The number of nitrogens with zero attached hydrogens (tertiary/aromatic N) is 2. The van der Waals surface area contributed by atoms with Gasteiger partial charge in [-0.2, -0.15) is 0 Å². The molecule has 0 aliphatic rings. The zero-order chi connectivity index (χ0) is 14.7. The summed E-state index contributed by atoms with van der Waals surface area (Å²) in [5.74, 6) is -0.145. The summed E-state index contributed by atoms with van der Waals surface area (Å²) in [6, 6.07) is 8.90. The third-order valence-electron chi connectivity index (χ3n) is 3.08. The molecule has 0 amide bonds. The van der Waals surface area contributed by atoms with Crippen LogP contribution in [0.1, 0.15) is 19.4 Å². The number of nitrogens with two attached hydrogens (primary N) is 1. The first-order valence-electron chi connectivity index (χ1n) is 6.40. The van der Waals surface area contributed by atoms with Crippen LogP contribution < -0.4 is 10.6 Å². The van der Waals surface area contributed by atoms with E-state index in [1.807, 2.05) is 43.0 Å². The Bertz CT molecular complexity index is 601. The maximum absolute atomic E-state index is 14.0. The van der Waals surface area contributed by atoms with Crippen LogP contribution in [0, 0.1) is 5.82 Å². The van der Waals surface area contributed by atoms with Gasteiger partial charge in [0.2, 0.25) is 0 Å². The minimum absolute atomic E-state index is 0.0813. The Balaban J connectivity index is 2.35. The molecule has 1 heterocycles. The van der Waals surface area contributed by atoms with Gasteiger partial charge in [0.25, 0.3) is 0 Å². The average molecular weight is 294 g/mol. The lowest BCUT2D eigenvalue weighted by atomic mass is 10.1. The van der Waals surface area contributed by atoms with Crippen molar-refractivity contribution in [1.29, 1.82) is 0 Å². The summed E-state index contributed by atoms with van der Waals surface area (Å²) in [7, 11) is 0. The standard InChI is InChI=1S/C15H17ClFN3/c1-10(2)20(9-11-5-3-4-6-14(11)18)15-13(17)7-12(16)8-19-15/h3-8,10H,9,18H2,1-2H3. The fraction of sp³-hybridized carbons (Fsp3) is 0.267. The quantitative estimate of drug-likeness (QED) is 0.870. The van der Waals surface area contributed by atoms with Crippen LogP contribution in [0.5, 0.6) is 0 Å². The van der Waals surface area contributed by atoms with Gasteiger partial charge in [0.1, 0.15) is 0 Å². The third kappa shape index (κ3) is 3.20. The molecular weight excluding hydrogens is 277 g/mol. The average Bonchev–Trinajstić information content (AvgIpc) is 2.38. The number of para-hydroxylation sites is 1. The molecule has 2 N–H and O–H groups in total. The summed E-state index contributed by atoms with van der Waals surface area (Å²) in [5.41, 5.74) is 7.58. The van der Waals surface area contributed by atoms with Gasteiger partial charge in [0.05, 0.1) is 5.02 Å². The highest BCUT2D eigenvalue weighted by Crippen LogP contribution is 2.24. The van der Waals surface area contributed by atoms with Crippen LogP contribution in [0.4, 0.5) is 15.9 Å². The van der Waals surface area contributed by atoms with Gasteiger partial charge in [-0.3, -0.25) is 0 Å². The van der Waals surface area contributed by atoms with Gasteiger partial charge in [-0.1, -0.05) is 29.8 Å². The van der Waals surface area contributed by atoms with Crippen molar-refractivity contribution >= 4 is 23.1 Å². The van der Waals surface area contributed by atoms with E-state index in [0.29, 0.717) is 12.2 Å². The van der Waals surface area contributed by atoms with E-state index in [1.165, 1.54) is 12.3 Å². The molecular formula is C15H17ClFN3. The first-order valence-corrected chi connectivity index (χ1v) is 6.78. The maximum atomic E-state index is 14.0. The van der Waals surface area contributed by atoms with Crippen LogP contribution in [-0.4, -0.2) is 11.0 Å². The van der Waals surface area contributed by atoms with Crippen LogP contribution in [0.3, 0.4) is 0 Å². The van der Waals surface area contributed by atoms with Crippen molar-refractivity contribution in [3.63, 3.8) is 0 Å². The van der Waals surface area contributed by atoms with E-state index in [4.69, 9.17) is 17.3 Å². The molecule has 1 aromatic carbocycles. The number of aromatic nitrogens is 1. The van der Waals surface area contributed by atoms with Crippen molar-refractivity contribution in [3.8, 4) is 0 Å². The van der Waals surface area contributed by atoms with E-state index in [9.17, 15) is 4.39 Å². The zero-order valence-electron chi connectivity index (χ0n) is 11.5. The highest BCUT2D eigenvalue weighted by molar-refractivity contribution is 6.30. The van der Waals surface area contributed by atoms with Crippen LogP contribution in [0.2, 0.25) is 5.02 Å². The fourth-order valence-corrected chi connectivity index (χ4v) is 2.13. The van der Waals surface area contributed by atoms with Crippen molar-refractivity contribution in [2.24, 2.45) is 0 Å². The molecule has 0 fully saturated rings. The van der Waals surface area contributed by atoms with E-state index in [0.717, 1.165) is 5.56 Å². The number of anilines is 2. The molecule has 0 saturated heterocycles. The number of hydrogen-bond donors (Lipinski definition) is 1. The number of pyridine rings is 1. The summed E-state index contributed by atoms with van der Waals surface area (Å²) in [5, 5.41) is 0.286. The van der Waals surface area contributed by atoms with Crippen LogP contribution in [0.15, 0.2) is 36.5 Å². The highest BCUT2D eigenvalue weighted by Gasteiger charge is 2.18. The van der Waals surface area contributed by atoms with Crippen molar-refractivity contribution in [2.45, 2.75) is 26.4 Å². The molecule has 2 rings (SSSR count). The Labute approximate surface area is 123 Å². The van der Waals surface area contributed by atoms with Crippen molar-refractivity contribution in [2.75, 3.05) is 10.6 Å². The Morgan fingerprint density at radius 2 is 2.05 bits per heavy atom. The lowest BCUT2D eigenvalue weighted by Gasteiger charge is -2.28. The summed E-state index contributed by atoms with van der Waals surface area (Å²) < 4.78 is 14.0. The summed E-state index contributed by atoms with van der Waals surface area (Å²) in [6.45, 7) is 4.46. The van der Waals surface area contributed by atoms with E-state index in [2.05, 4.69) is 4.98 Å². The second-order valence-electron chi connectivity index (χ2n) is 4.88. The minimum Gasteiger partial charge on any atom is -0.398 e. The SMILES string of the molecule is CC(C)N(Cc1ccccc1N)c1ncc(Cl)cc1F. The molecule has 1 aromatic heterocycles. The molecule has 0 radical (unpaired) electrons. The Kier molecular flexibility index (Phi) is 4.45. The molecule has 106 valence electrons. The van der Waals surface area contributed by atoms with Crippen molar-refractivity contribution < 1.29 is 4.39 Å². The van der Waals surface area contributed by atoms with Gasteiger partial charge in [-0.05, 0) is 31.5 Å². The van der Waals surface area contributed by atoms with E-state index in [1.54, 1.807) is 0 Å². The third-order valence-corrected chi connectivity index (χ3v) is 3.29. The molecule has 0 aliphatic heterocycles. The van der Waals surface area contributed by atoms with Crippen LogP contribution in [0.25, 0.3) is 0 Å². The molecule has 0 atom stereocenters. The van der Waals surface area contributed by atoms with E-state index in [-0.39, 0.29) is 16.9 Å². The molecule has 0 unspecified atom stereocenters. The van der Waals surface area contributed by atoms with Gasteiger partial charge >= 0.3 is 0 Å². The predicted molar refractivity (Wildman–Crippen MR) is 81.4 cm³/mol. The second kappa shape index (κ2) is 6.09. The van der Waals surface area contributed by atoms with Gasteiger partial charge in [0.15, 0.2) is 11.6 Å². The van der Waals surface area contributed by atoms with Crippen LogP contribution in [-0.2, 0) is 6.54 Å². The van der Waals surface area contributed by atoms with E-state index >= 15 is 0 Å². The normalized spacial score (nSPS) is 10.8. The van der Waals surface area contributed by atoms with Gasteiger partial charge < -0.3 is 10.6 Å².